The first kappa shape index (κ1) is 14.3. The van der Waals surface area contributed by atoms with Crippen LogP contribution in [-0.2, 0) is 9.53 Å². The summed E-state index contributed by atoms with van der Waals surface area (Å²) in [6, 6.07) is 1.18. The number of rotatable bonds is 5. The van der Waals surface area contributed by atoms with E-state index in [1.807, 2.05) is 4.90 Å². The van der Waals surface area contributed by atoms with Gasteiger partial charge in [0.05, 0.1) is 12.7 Å². The monoisotopic (exact) mass is 280 g/mol. The number of carbonyl (C=O) groups is 1. The highest BCUT2D eigenvalue weighted by atomic mass is 16.5. The molecule has 0 aromatic rings. The Bertz CT molecular complexity index is 365. The van der Waals surface area contributed by atoms with E-state index in [9.17, 15) is 4.79 Å². The van der Waals surface area contributed by atoms with Crippen LogP contribution in [0.5, 0.6) is 0 Å². The zero-order chi connectivity index (χ0) is 14.3. The van der Waals surface area contributed by atoms with E-state index in [1.165, 1.54) is 32.2 Å². The zero-order valence-corrected chi connectivity index (χ0v) is 13.1. The molecule has 3 fully saturated rings. The second-order valence-corrected chi connectivity index (χ2v) is 7.34. The maximum absolute atomic E-state index is 11.6. The summed E-state index contributed by atoms with van der Waals surface area (Å²) in [5.74, 6) is 0.242. The van der Waals surface area contributed by atoms with Crippen LogP contribution in [0.1, 0.15) is 46.5 Å². The number of hydrogen-bond acceptors (Lipinski definition) is 3. The Labute approximate surface area is 122 Å². The Morgan fingerprint density at radius 3 is 2.30 bits per heavy atom. The Hall–Kier alpha value is -0.610. The van der Waals surface area contributed by atoms with Gasteiger partial charge < -0.3 is 9.64 Å². The van der Waals surface area contributed by atoms with Crippen molar-refractivity contribution >= 4 is 5.91 Å². The van der Waals surface area contributed by atoms with Crippen molar-refractivity contribution < 1.29 is 9.53 Å². The van der Waals surface area contributed by atoms with Crippen molar-refractivity contribution in [2.75, 3.05) is 26.2 Å². The molecule has 0 N–H and O–H groups in total. The SMILES string of the molecule is CC(=O)N1CC2CCC(C1)N2CC1(COC(C)C)CC1. The summed E-state index contributed by atoms with van der Waals surface area (Å²) in [4.78, 5) is 16.3. The molecule has 0 spiro atoms. The van der Waals surface area contributed by atoms with Gasteiger partial charge in [0.2, 0.25) is 5.91 Å². The van der Waals surface area contributed by atoms with Crippen LogP contribution in [0.15, 0.2) is 0 Å². The Balaban J connectivity index is 1.58. The van der Waals surface area contributed by atoms with Gasteiger partial charge in [-0.15, -0.1) is 0 Å². The fraction of sp³-hybridized carbons (Fsp3) is 0.938. The number of fused-ring (bicyclic) bond motifs is 2. The predicted molar refractivity (Wildman–Crippen MR) is 78.5 cm³/mol. The quantitative estimate of drug-likeness (QED) is 0.771. The van der Waals surface area contributed by atoms with Gasteiger partial charge in [-0.25, -0.2) is 0 Å². The molecule has 3 aliphatic rings. The van der Waals surface area contributed by atoms with Gasteiger partial charge in [-0.2, -0.15) is 0 Å². The molecule has 2 bridgehead atoms. The van der Waals surface area contributed by atoms with Crippen molar-refractivity contribution in [3.63, 3.8) is 0 Å². The minimum atomic E-state index is 0.242. The van der Waals surface area contributed by atoms with E-state index in [0.717, 1.165) is 19.7 Å². The van der Waals surface area contributed by atoms with E-state index in [0.29, 0.717) is 23.6 Å². The molecule has 0 aromatic carbocycles. The molecule has 1 amide bonds. The molecule has 114 valence electrons. The predicted octanol–water partition coefficient (Wildman–Crippen LogP) is 1.89. The van der Waals surface area contributed by atoms with Gasteiger partial charge >= 0.3 is 0 Å². The summed E-state index contributed by atoms with van der Waals surface area (Å²) >= 11 is 0. The van der Waals surface area contributed by atoms with Crippen LogP contribution in [0.4, 0.5) is 0 Å². The lowest BCUT2D eigenvalue weighted by Crippen LogP contribution is -2.56. The summed E-state index contributed by atoms with van der Waals surface area (Å²) in [7, 11) is 0. The van der Waals surface area contributed by atoms with Gasteiger partial charge in [0.1, 0.15) is 0 Å². The van der Waals surface area contributed by atoms with E-state index in [1.54, 1.807) is 6.92 Å². The molecule has 2 heterocycles. The summed E-state index contributed by atoms with van der Waals surface area (Å²) in [6.07, 6.45) is 5.47. The third-order valence-electron chi connectivity index (χ3n) is 5.28. The molecule has 0 radical (unpaired) electrons. The Morgan fingerprint density at radius 2 is 1.85 bits per heavy atom. The topological polar surface area (TPSA) is 32.8 Å². The molecule has 2 saturated heterocycles. The van der Waals surface area contributed by atoms with Crippen molar-refractivity contribution in [3.8, 4) is 0 Å². The van der Waals surface area contributed by atoms with Crippen molar-refractivity contribution in [3.05, 3.63) is 0 Å². The highest BCUT2D eigenvalue weighted by Crippen LogP contribution is 2.48. The first-order valence-corrected chi connectivity index (χ1v) is 8.12. The number of hydrogen-bond donors (Lipinski definition) is 0. The molecule has 20 heavy (non-hydrogen) atoms. The third kappa shape index (κ3) is 2.86. The van der Waals surface area contributed by atoms with Gasteiger partial charge in [0, 0.05) is 44.1 Å². The standard InChI is InChI=1S/C16H28N2O2/c1-12(2)20-11-16(6-7-16)10-18-14-4-5-15(18)9-17(8-14)13(3)19/h12,14-15H,4-11H2,1-3H3. The summed E-state index contributed by atoms with van der Waals surface area (Å²) < 4.78 is 5.87. The van der Waals surface area contributed by atoms with Crippen LogP contribution >= 0.6 is 0 Å². The van der Waals surface area contributed by atoms with E-state index in [4.69, 9.17) is 4.74 Å². The van der Waals surface area contributed by atoms with E-state index in [2.05, 4.69) is 18.7 Å². The lowest BCUT2D eigenvalue weighted by atomic mass is 10.0. The number of piperazine rings is 1. The van der Waals surface area contributed by atoms with Crippen molar-refractivity contribution in [1.29, 1.82) is 0 Å². The lowest BCUT2D eigenvalue weighted by Gasteiger charge is -2.42. The molecule has 1 saturated carbocycles. The minimum absolute atomic E-state index is 0.242. The first-order chi connectivity index (χ1) is 9.49. The second-order valence-electron chi connectivity index (χ2n) is 7.34. The van der Waals surface area contributed by atoms with Gasteiger partial charge in [0.25, 0.3) is 0 Å². The maximum atomic E-state index is 11.6. The summed E-state index contributed by atoms with van der Waals surface area (Å²) in [5, 5.41) is 0. The number of likely N-dealkylation sites (tertiary alicyclic amines) is 1. The number of carbonyl (C=O) groups excluding carboxylic acids is 1. The van der Waals surface area contributed by atoms with E-state index < -0.39 is 0 Å². The largest absolute Gasteiger partial charge is 0.378 e. The van der Waals surface area contributed by atoms with Crippen LogP contribution in [0.25, 0.3) is 0 Å². The zero-order valence-electron chi connectivity index (χ0n) is 13.1. The van der Waals surface area contributed by atoms with Crippen molar-refractivity contribution in [2.24, 2.45) is 5.41 Å². The molecule has 2 aliphatic heterocycles. The lowest BCUT2D eigenvalue weighted by molar-refractivity contribution is -0.132. The van der Waals surface area contributed by atoms with Gasteiger partial charge in [-0.3, -0.25) is 9.69 Å². The molecular formula is C16H28N2O2. The molecule has 0 aromatic heterocycles. The first-order valence-electron chi connectivity index (χ1n) is 8.12. The number of amides is 1. The third-order valence-corrected chi connectivity index (χ3v) is 5.28. The Morgan fingerprint density at radius 1 is 1.25 bits per heavy atom. The molecule has 1 aliphatic carbocycles. The normalized spacial score (nSPS) is 31.9. The fourth-order valence-corrected chi connectivity index (χ4v) is 3.76. The molecule has 2 atom stereocenters. The second kappa shape index (κ2) is 5.30. The Kier molecular flexibility index (Phi) is 3.80. The molecule has 4 nitrogen and oxygen atoms in total. The highest BCUT2D eigenvalue weighted by Gasteiger charge is 2.49. The summed E-state index contributed by atoms with van der Waals surface area (Å²) in [5.41, 5.74) is 0.420. The average molecular weight is 280 g/mol. The van der Waals surface area contributed by atoms with Crippen LogP contribution in [0.3, 0.4) is 0 Å². The summed E-state index contributed by atoms with van der Waals surface area (Å²) in [6.45, 7) is 9.91. The van der Waals surface area contributed by atoms with Crippen LogP contribution in [0.2, 0.25) is 0 Å². The van der Waals surface area contributed by atoms with Gasteiger partial charge in [-0.1, -0.05) is 0 Å². The van der Waals surface area contributed by atoms with E-state index >= 15 is 0 Å². The van der Waals surface area contributed by atoms with Gasteiger partial charge in [-0.05, 0) is 39.5 Å². The molecule has 2 unspecified atom stereocenters. The van der Waals surface area contributed by atoms with Gasteiger partial charge in [0.15, 0.2) is 0 Å². The fourth-order valence-electron chi connectivity index (χ4n) is 3.76. The molecule has 4 heteroatoms. The molecule has 3 rings (SSSR count). The molecular weight excluding hydrogens is 252 g/mol. The van der Waals surface area contributed by atoms with E-state index in [-0.39, 0.29) is 5.91 Å². The number of ether oxygens (including phenoxy) is 1. The van der Waals surface area contributed by atoms with Crippen LogP contribution in [0, 0.1) is 5.41 Å². The number of nitrogens with zero attached hydrogens (tertiary/aromatic N) is 2. The highest BCUT2D eigenvalue weighted by molar-refractivity contribution is 5.73. The van der Waals surface area contributed by atoms with Crippen LogP contribution in [-0.4, -0.2) is 60.1 Å². The average Bonchev–Trinajstić information content (AvgIpc) is 3.11. The van der Waals surface area contributed by atoms with Crippen molar-refractivity contribution in [2.45, 2.75) is 64.6 Å². The smallest absolute Gasteiger partial charge is 0.219 e. The van der Waals surface area contributed by atoms with Crippen molar-refractivity contribution in [1.82, 2.24) is 9.80 Å². The minimum Gasteiger partial charge on any atom is -0.378 e. The maximum Gasteiger partial charge on any atom is 0.219 e. The van der Waals surface area contributed by atoms with Crippen LogP contribution < -0.4 is 0 Å².